The number of esters is 1. The smallest absolute Gasteiger partial charge is 0.328 e. The molecule has 0 spiro atoms. The van der Waals surface area contributed by atoms with Gasteiger partial charge in [-0.2, -0.15) is 0 Å². The van der Waals surface area contributed by atoms with Crippen LogP contribution < -0.4 is 16.3 Å². The SMILES string of the molecule is CCCCCCCC(CCC(Cl)C(C(=O)c1ccccc1NC(=O)CCC)c1c(O)[nH]c(=O)n1Cc1ccccc1)OC(=O)CC(=O)Nc1ccccc1. The molecule has 1 aromatic heterocycles. The lowest BCUT2D eigenvalue weighted by Crippen LogP contribution is -2.30. The van der Waals surface area contributed by atoms with E-state index in [4.69, 9.17) is 16.3 Å². The van der Waals surface area contributed by atoms with Crippen LogP contribution >= 0.6 is 11.6 Å². The molecule has 288 valence electrons. The van der Waals surface area contributed by atoms with Crippen molar-refractivity contribution in [2.75, 3.05) is 10.6 Å². The lowest BCUT2D eigenvalue weighted by atomic mass is 9.87. The van der Waals surface area contributed by atoms with Crippen LogP contribution in [0.2, 0.25) is 0 Å². The number of H-pyrrole nitrogens is 1. The van der Waals surface area contributed by atoms with Crippen molar-refractivity contribution < 1.29 is 29.0 Å². The first-order valence-corrected chi connectivity index (χ1v) is 19.2. The van der Waals surface area contributed by atoms with Gasteiger partial charge in [-0.15, -0.1) is 11.6 Å². The van der Waals surface area contributed by atoms with Gasteiger partial charge in [-0.25, -0.2) is 4.79 Å². The minimum atomic E-state index is -1.25. The molecule has 2 amide bonds. The van der Waals surface area contributed by atoms with E-state index in [1.807, 2.05) is 43.3 Å². The van der Waals surface area contributed by atoms with Gasteiger partial charge in [0.2, 0.25) is 17.7 Å². The third-order valence-electron chi connectivity index (χ3n) is 9.12. The van der Waals surface area contributed by atoms with Crippen molar-refractivity contribution in [1.82, 2.24) is 9.55 Å². The Morgan fingerprint density at radius 3 is 2.17 bits per heavy atom. The van der Waals surface area contributed by atoms with Crippen LogP contribution in [0.25, 0.3) is 0 Å². The zero-order chi connectivity index (χ0) is 38.9. The summed E-state index contributed by atoms with van der Waals surface area (Å²) in [5.41, 5.74) is 1.17. The number of hydrogen-bond acceptors (Lipinski definition) is 7. The first kappa shape index (κ1) is 41.6. The fraction of sp³-hybridized carbons (Fsp3) is 0.405. The number of carbonyl (C=O) groups is 4. The van der Waals surface area contributed by atoms with Gasteiger partial charge < -0.3 is 20.5 Å². The van der Waals surface area contributed by atoms with E-state index in [1.54, 1.807) is 48.5 Å². The number of benzene rings is 3. The summed E-state index contributed by atoms with van der Waals surface area (Å²) in [6.07, 6.45) is 5.62. The largest absolute Gasteiger partial charge is 0.493 e. The highest BCUT2D eigenvalue weighted by molar-refractivity contribution is 6.24. The number of carbonyl (C=O) groups excluding carboxylic acids is 4. The van der Waals surface area contributed by atoms with E-state index < -0.39 is 53.0 Å². The molecular formula is C42H51ClN4O7. The number of alkyl halides is 1. The van der Waals surface area contributed by atoms with Gasteiger partial charge in [-0.1, -0.05) is 100 Å². The number of aromatic amines is 1. The topological polar surface area (TPSA) is 160 Å². The average Bonchev–Trinajstić information content (AvgIpc) is 3.42. The van der Waals surface area contributed by atoms with E-state index in [0.717, 1.165) is 37.7 Å². The molecule has 0 aliphatic carbocycles. The molecule has 12 heteroatoms. The van der Waals surface area contributed by atoms with Crippen molar-refractivity contribution in [2.24, 2.45) is 0 Å². The maximum atomic E-state index is 14.7. The Balaban J connectivity index is 1.62. The average molecular weight is 759 g/mol. The molecule has 54 heavy (non-hydrogen) atoms. The highest BCUT2D eigenvalue weighted by atomic mass is 35.5. The number of rotatable bonds is 22. The second kappa shape index (κ2) is 21.5. The van der Waals surface area contributed by atoms with E-state index in [1.165, 1.54) is 4.57 Å². The standard InChI is InChI=1S/C42H51ClN4O7/c1-3-5-6-7-14-22-31(54-37(50)27-36(49)44-30-20-12-9-13-21-30)25-26-33(43)38(40(51)32-23-15-16-24-34(32)45-35(48)17-4-2)39-41(52)46-42(53)47(39)28-29-18-10-8-11-19-29/h8-13,15-16,18-21,23-24,31,33,38,52H,3-7,14,17,22,25-28H2,1-2H3,(H,44,49)(H,45,48)(H,46,53). The number of hydrogen-bond donors (Lipinski definition) is 4. The van der Waals surface area contributed by atoms with Crippen LogP contribution in [0.4, 0.5) is 11.4 Å². The van der Waals surface area contributed by atoms with Gasteiger partial charge in [0.25, 0.3) is 0 Å². The van der Waals surface area contributed by atoms with E-state index in [-0.39, 0.29) is 48.7 Å². The number of anilines is 2. The number of Topliss-reactive ketones (excluding diaryl/α,β-unsaturated/α-hetero) is 1. The summed E-state index contributed by atoms with van der Waals surface area (Å²) in [5.74, 6) is -3.70. The lowest BCUT2D eigenvalue weighted by molar-refractivity contribution is -0.151. The number of para-hydroxylation sites is 2. The van der Waals surface area contributed by atoms with Gasteiger partial charge in [-0.05, 0) is 61.9 Å². The van der Waals surface area contributed by atoms with Crippen molar-refractivity contribution in [1.29, 1.82) is 0 Å². The number of imidazole rings is 1. The number of aromatic nitrogens is 2. The fourth-order valence-electron chi connectivity index (χ4n) is 6.42. The minimum absolute atomic E-state index is 0.00855. The van der Waals surface area contributed by atoms with Gasteiger partial charge in [0.05, 0.1) is 23.8 Å². The number of nitrogens with zero attached hydrogens (tertiary/aromatic N) is 1. The highest BCUT2D eigenvalue weighted by Gasteiger charge is 2.37. The lowest BCUT2D eigenvalue weighted by Gasteiger charge is -2.26. The predicted octanol–water partition coefficient (Wildman–Crippen LogP) is 8.32. The normalized spacial score (nSPS) is 12.7. The second-order valence-electron chi connectivity index (χ2n) is 13.4. The molecule has 0 fully saturated rings. The van der Waals surface area contributed by atoms with Crippen molar-refractivity contribution in [3.63, 3.8) is 0 Å². The summed E-state index contributed by atoms with van der Waals surface area (Å²) in [4.78, 5) is 68.7. The fourth-order valence-corrected chi connectivity index (χ4v) is 6.78. The molecule has 3 unspecified atom stereocenters. The maximum Gasteiger partial charge on any atom is 0.328 e. The number of halogens is 1. The van der Waals surface area contributed by atoms with Gasteiger partial charge in [-0.3, -0.25) is 28.7 Å². The number of unbranched alkanes of at least 4 members (excludes halogenated alkanes) is 4. The Morgan fingerprint density at radius 2 is 1.46 bits per heavy atom. The Bertz CT molecular complexity index is 1880. The molecule has 4 rings (SSSR count). The summed E-state index contributed by atoms with van der Waals surface area (Å²) in [6.45, 7) is 4.06. The van der Waals surface area contributed by atoms with E-state index in [9.17, 15) is 29.1 Å². The van der Waals surface area contributed by atoms with Crippen LogP contribution in [0.3, 0.4) is 0 Å². The Hall–Kier alpha value is -5.16. The molecule has 0 saturated heterocycles. The molecule has 4 aromatic rings. The van der Waals surface area contributed by atoms with Crippen LogP contribution in [-0.2, 0) is 25.7 Å². The predicted molar refractivity (Wildman–Crippen MR) is 211 cm³/mol. The van der Waals surface area contributed by atoms with Crippen LogP contribution in [-0.4, -0.2) is 49.7 Å². The number of ether oxygens (including phenoxy) is 1. The monoisotopic (exact) mass is 758 g/mol. The van der Waals surface area contributed by atoms with Gasteiger partial charge in [0.15, 0.2) is 5.78 Å². The van der Waals surface area contributed by atoms with E-state index in [0.29, 0.717) is 18.5 Å². The zero-order valence-electron chi connectivity index (χ0n) is 31.0. The molecular weight excluding hydrogens is 708 g/mol. The van der Waals surface area contributed by atoms with Crippen LogP contribution in [0, 0.1) is 0 Å². The molecule has 4 N–H and O–H groups in total. The third-order valence-corrected chi connectivity index (χ3v) is 9.59. The molecule has 0 aliphatic heterocycles. The Morgan fingerprint density at radius 1 is 0.796 bits per heavy atom. The number of ketones is 1. The molecule has 0 bridgehead atoms. The summed E-state index contributed by atoms with van der Waals surface area (Å²) in [5, 5.41) is 15.7. The number of nitrogens with one attached hydrogen (secondary N) is 3. The van der Waals surface area contributed by atoms with Crippen molar-refractivity contribution in [3.8, 4) is 5.88 Å². The quantitative estimate of drug-likeness (QED) is 0.0206. The molecule has 0 saturated carbocycles. The maximum absolute atomic E-state index is 14.7. The Labute approximate surface area is 321 Å². The van der Waals surface area contributed by atoms with Crippen molar-refractivity contribution in [3.05, 3.63) is 112 Å². The summed E-state index contributed by atoms with van der Waals surface area (Å²) < 4.78 is 7.16. The first-order valence-electron chi connectivity index (χ1n) is 18.8. The molecule has 1 heterocycles. The summed E-state index contributed by atoms with van der Waals surface area (Å²) >= 11 is 7.19. The summed E-state index contributed by atoms with van der Waals surface area (Å²) in [6, 6.07) is 24.5. The second-order valence-corrected chi connectivity index (χ2v) is 14.0. The van der Waals surface area contributed by atoms with Gasteiger partial charge in [0.1, 0.15) is 12.5 Å². The molecule has 3 atom stereocenters. The molecule has 0 aliphatic rings. The van der Waals surface area contributed by atoms with Crippen molar-refractivity contribution >= 4 is 46.5 Å². The molecule has 0 radical (unpaired) electrons. The zero-order valence-corrected chi connectivity index (χ0v) is 31.8. The Kier molecular flexibility index (Phi) is 16.6. The van der Waals surface area contributed by atoms with E-state index >= 15 is 0 Å². The highest BCUT2D eigenvalue weighted by Crippen LogP contribution is 2.37. The number of aromatic hydroxyl groups is 1. The first-order chi connectivity index (χ1) is 26.1. The molecule has 11 nitrogen and oxygen atoms in total. The van der Waals surface area contributed by atoms with Gasteiger partial charge in [0, 0.05) is 23.0 Å². The third kappa shape index (κ3) is 12.5. The molecule has 3 aromatic carbocycles. The van der Waals surface area contributed by atoms with E-state index in [2.05, 4.69) is 22.5 Å². The number of amides is 2. The van der Waals surface area contributed by atoms with Crippen LogP contribution in [0.1, 0.15) is 112 Å². The van der Waals surface area contributed by atoms with Crippen LogP contribution in [0.5, 0.6) is 5.88 Å². The van der Waals surface area contributed by atoms with Crippen LogP contribution in [0.15, 0.2) is 89.7 Å². The van der Waals surface area contributed by atoms with Gasteiger partial charge >= 0.3 is 11.7 Å². The minimum Gasteiger partial charge on any atom is -0.493 e. The summed E-state index contributed by atoms with van der Waals surface area (Å²) in [7, 11) is 0. The van der Waals surface area contributed by atoms with Crippen molar-refractivity contribution in [2.45, 2.75) is 108 Å².